The summed E-state index contributed by atoms with van der Waals surface area (Å²) >= 11 is 13.8. The Balaban J connectivity index is 1.82. The van der Waals surface area contributed by atoms with E-state index in [0.29, 0.717) is 14.2 Å². The highest BCUT2D eigenvalue weighted by atomic mass is 127. The number of hydrazone groups is 1. The van der Waals surface area contributed by atoms with Crippen LogP contribution in [0.25, 0.3) is 0 Å². The highest BCUT2D eigenvalue weighted by Crippen LogP contribution is 2.36. The maximum Gasteiger partial charge on any atom is 0.339 e. The Kier molecular flexibility index (Phi) is 8.57. The highest BCUT2D eigenvalue weighted by Gasteiger charge is 2.22. The standard InChI is InChI=1S/C22H17Cl2IN2O5S/c1-2-31-20-11-14(13-26-27-22(28)17-9-8-15(23)12-18(17)24)10-19(25)21(20)32-33(29,30)16-6-4-3-5-7-16/h3-13H,2H2,1H3,(H,27,28)/b26-13-. The summed E-state index contributed by atoms with van der Waals surface area (Å²) in [5, 5.41) is 4.55. The molecule has 3 aromatic carbocycles. The molecule has 0 aliphatic rings. The van der Waals surface area contributed by atoms with Gasteiger partial charge >= 0.3 is 10.1 Å². The Morgan fingerprint density at radius 1 is 1.12 bits per heavy atom. The second kappa shape index (κ2) is 11.2. The number of nitrogens with one attached hydrogen (secondary N) is 1. The smallest absolute Gasteiger partial charge is 0.339 e. The third-order valence-corrected chi connectivity index (χ3v) is 6.70. The number of benzene rings is 3. The van der Waals surface area contributed by atoms with E-state index in [0.717, 1.165) is 0 Å². The highest BCUT2D eigenvalue weighted by molar-refractivity contribution is 14.1. The maximum atomic E-state index is 12.7. The van der Waals surface area contributed by atoms with Crippen molar-refractivity contribution in [1.29, 1.82) is 0 Å². The molecule has 0 heterocycles. The Morgan fingerprint density at radius 2 is 1.85 bits per heavy atom. The summed E-state index contributed by atoms with van der Waals surface area (Å²) < 4.78 is 36.8. The molecule has 0 aliphatic carbocycles. The first-order valence-electron chi connectivity index (χ1n) is 9.45. The first-order valence-corrected chi connectivity index (χ1v) is 12.7. The molecule has 0 atom stereocenters. The quantitative estimate of drug-likeness (QED) is 0.155. The summed E-state index contributed by atoms with van der Waals surface area (Å²) in [6, 6.07) is 15.5. The van der Waals surface area contributed by atoms with E-state index in [1.54, 1.807) is 43.3 Å². The van der Waals surface area contributed by atoms with E-state index >= 15 is 0 Å². The molecule has 0 fully saturated rings. The Morgan fingerprint density at radius 3 is 2.52 bits per heavy atom. The van der Waals surface area contributed by atoms with Crippen LogP contribution in [0.4, 0.5) is 0 Å². The molecule has 1 N–H and O–H groups in total. The molecule has 1 amide bonds. The molecular formula is C22H17Cl2IN2O5S. The molecule has 3 aromatic rings. The molecule has 0 aliphatic heterocycles. The van der Waals surface area contributed by atoms with E-state index in [-0.39, 0.29) is 33.6 Å². The van der Waals surface area contributed by atoms with Gasteiger partial charge in [-0.3, -0.25) is 4.79 Å². The summed E-state index contributed by atoms with van der Waals surface area (Å²) in [5.41, 5.74) is 3.16. The summed E-state index contributed by atoms with van der Waals surface area (Å²) in [7, 11) is -4.05. The van der Waals surface area contributed by atoms with Crippen LogP contribution in [0.3, 0.4) is 0 Å². The number of ether oxygens (including phenoxy) is 1. The van der Waals surface area contributed by atoms with Gasteiger partial charge in [0.05, 0.1) is 27.0 Å². The monoisotopic (exact) mass is 618 g/mol. The third kappa shape index (κ3) is 6.59. The van der Waals surface area contributed by atoms with Crippen molar-refractivity contribution in [3.8, 4) is 11.5 Å². The predicted octanol–water partition coefficient (Wildman–Crippen LogP) is 5.53. The topological polar surface area (TPSA) is 94.1 Å². The van der Waals surface area contributed by atoms with Crippen LogP contribution in [0.1, 0.15) is 22.8 Å². The van der Waals surface area contributed by atoms with E-state index < -0.39 is 16.0 Å². The fourth-order valence-corrected chi connectivity index (χ4v) is 5.01. The number of hydrogen-bond acceptors (Lipinski definition) is 6. The van der Waals surface area contributed by atoms with E-state index in [1.807, 2.05) is 22.6 Å². The van der Waals surface area contributed by atoms with Crippen molar-refractivity contribution >= 4 is 68.0 Å². The largest absolute Gasteiger partial charge is 0.490 e. The summed E-state index contributed by atoms with van der Waals surface area (Å²) in [6.45, 7) is 2.05. The maximum absolute atomic E-state index is 12.7. The zero-order valence-electron chi connectivity index (χ0n) is 17.1. The zero-order valence-corrected chi connectivity index (χ0v) is 21.6. The summed E-state index contributed by atoms with van der Waals surface area (Å²) in [4.78, 5) is 12.3. The predicted molar refractivity (Wildman–Crippen MR) is 136 cm³/mol. The number of halogens is 3. The fourth-order valence-electron chi connectivity index (χ4n) is 2.65. The lowest BCUT2D eigenvalue weighted by atomic mass is 10.2. The molecule has 7 nitrogen and oxygen atoms in total. The molecule has 0 saturated carbocycles. The lowest BCUT2D eigenvalue weighted by molar-refractivity contribution is 0.0955. The van der Waals surface area contributed by atoms with Crippen molar-refractivity contribution in [2.24, 2.45) is 5.10 Å². The number of hydrogen-bond donors (Lipinski definition) is 1. The molecule has 0 spiro atoms. The number of nitrogens with zero attached hydrogens (tertiary/aromatic N) is 1. The number of rotatable bonds is 8. The molecule has 0 radical (unpaired) electrons. The van der Waals surface area contributed by atoms with Gasteiger partial charge in [-0.25, -0.2) is 5.43 Å². The number of carbonyl (C=O) groups is 1. The fraction of sp³-hybridized carbons (Fsp3) is 0.0909. The molecule has 0 unspecified atom stereocenters. The van der Waals surface area contributed by atoms with Crippen LogP contribution in [0, 0.1) is 3.57 Å². The Labute approximate surface area is 215 Å². The minimum Gasteiger partial charge on any atom is -0.490 e. The molecule has 172 valence electrons. The van der Waals surface area contributed by atoms with Crippen molar-refractivity contribution in [2.75, 3.05) is 6.61 Å². The Bertz CT molecular complexity index is 1300. The van der Waals surface area contributed by atoms with Crippen LogP contribution in [0.5, 0.6) is 11.5 Å². The van der Waals surface area contributed by atoms with Crippen LogP contribution in [0.2, 0.25) is 10.0 Å². The van der Waals surface area contributed by atoms with Crippen molar-refractivity contribution in [3.63, 3.8) is 0 Å². The Hall–Kier alpha value is -2.34. The molecule has 0 aromatic heterocycles. The average molecular weight is 619 g/mol. The lowest BCUT2D eigenvalue weighted by Crippen LogP contribution is -2.18. The van der Waals surface area contributed by atoms with E-state index in [9.17, 15) is 13.2 Å². The second-order valence-corrected chi connectivity index (χ2v) is 9.99. The molecule has 11 heteroatoms. The molecule has 0 saturated heterocycles. The van der Waals surface area contributed by atoms with E-state index in [4.69, 9.17) is 32.1 Å². The normalized spacial score (nSPS) is 11.4. The van der Waals surface area contributed by atoms with Crippen LogP contribution in [-0.4, -0.2) is 27.1 Å². The molecular weight excluding hydrogens is 602 g/mol. The van der Waals surface area contributed by atoms with E-state index in [1.165, 1.54) is 30.5 Å². The lowest BCUT2D eigenvalue weighted by Gasteiger charge is -2.14. The van der Waals surface area contributed by atoms with Crippen molar-refractivity contribution in [3.05, 3.63) is 85.4 Å². The molecule has 33 heavy (non-hydrogen) atoms. The van der Waals surface area contributed by atoms with Gasteiger partial charge in [0.15, 0.2) is 11.5 Å². The van der Waals surface area contributed by atoms with Gasteiger partial charge in [-0.1, -0.05) is 41.4 Å². The summed E-state index contributed by atoms with van der Waals surface area (Å²) in [5.74, 6) is -0.227. The van der Waals surface area contributed by atoms with Gasteiger partial charge < -0.3 is 8.92 Å². The van der Waals surface area contributed by atoms with Crippen molar-refractivity contribution in [2.45, 2.75) is 11.8 Å². The minimum atomic E-state index is -4.05. The van der Waals surface area contributed by atoms with Gasteiger partial charge in [0.25, 0.3) is 5.91 Å². The summed E-state index contributed by atoms with van der Waals surface area (Å²) in [6.07, 6.45) is 1.39. The zero-order chi connectivity index (χ0) is 24.0. The van der Waals surface area contributed by atoms with Crippen LogP contribution in [0.15, 0.2) is 70.7 Å². The number of carbonyl (C=O) groups excluding carboxylic acids is 1. The molecule has 3 rings (SSSR count). The van der Waals surface area contributed by atoms with Gasteiger partial charge in [0.1, 0.15) is 4.90 Å². The molecule has 0 bridgehead atoms. The van der Waals surface area contributed by atoms with Crippen LogP contribution in [-0.2, 0) is 10.1 Å². The average Bonchev–Trinajstić information content (AvgIpc) is 2.77. The van der Waals surface area contributed by atoms with E-state index in [2.05, 4.69) is 10.5 Å². The number of amides is 1. The van der Waals surface area contributed by atoms with Gasteiger partial charge in [-0.05, 0) is 77.5 Å². The SMILES string of the molecule is CCOc1cc(/C=N\NC(=O)c2ccc(Cl)cc2Cl)cc(I)c1OS(=O)(=O)c1ccccc1. The van der Waals surface area contributed by atoms with Gasteiger partial charge in [-0.2, -0.15) is 13.5 Å². The van der Waals surface area contributed by atoms with Crippen LogP contribution >= 0.6 is 45.8 Å². The second-order valence-electron chi connectivity index (χ2n) is 6.44. The first-order chi connectivity index (χ1) is 15.7. The van der Waals surface area contributed by atoms with Gasteiger partial charge in [-0.15, -0.1) is 0 Å². The van der Waals surface area contributed by atoms with Crippen LogP contribution < -0.4 is 14.3 Å². The van der Waals surface area contributed by atoms with Crippen molar-refractivity contribution < 1.29 is 22.1 Å². The van der Waals surface area contributed by atoms with Gasteiger partial charge in [0.2, 0.25) is 0 Å². The van der Waals surface area contributed by atoms with Gasteiger partial charge in [0, 0.05) is 5.02 Å². The third-order valence-electron chi connectivity index (χ3n) is 4.11. The minimum absolute atomic E-state index is 0.0254. The first kappa shape index (κ1) is 25.3. The van der Waals surface area contributed by atoms with Crippen molar-refractivity contribution in [1.82, 2.24) is 5.43 Å².